The maximum atomic E-state index is 11.5. The van der Waals surface area contributed by atoms with Crippen molar-refractivity contribution in [3.63, 3.8) is 0 Å². The van der Waals surface area contributed by atoms with Gasteiger partial charge in [-0.2, -0.15) is 5.26 Å². The second kappa shape index (κ2) is 6.93. The van der Waals surface area contributed by atoms with Crippen LogP contribution in [0.5, 0.6) is 0 Å². The summed E-state index contributed by atoms with van der Waals surface area (Å²) in [5.41, 5.74) is 0.713. The third kappa shape index (κ3) is 4.46. The molecule has 4 heteroatoms. The maximum Gasteiger partial charge on any atom is 0.221 e. The largest absolute Gasteiger partial charge is 0.337 e. The smallest absolute Gasteiger partial charge is 0.221 e. The summed E-state index contributed by atoms with van der Waals surface area (Å²) in [4.78, 5) is 11.5. The lowest BCUT2D eigenvalue weighted by molar-refractivity contribution is -0.121. The second-order valence-corrected chi connectivity index (χ2v) is 4.22. The number of unbranched alkanes of at least 4 members (excludes halogenated alkanes) is 1. The Balaban J connectivity index is 2.67. The van der Waals surface area contributed by atoms with Gasteiger partial charge in [-0.25, -0.2) is 0 Å². The highest BCUT2D eigenvalue weighted by Crippen LogP contribution is 2.17. The van der Waals surface area contributed by atoms with Gasteiger partial charge in [-0.1, -0.05) is 37.1 Å². The van der Waals surface area contributed by atoms with Crippen LogP contribution >= 0.6 is 11.6 Å². The van der Waals surface area contributed by atoms with Crippen molar-refractivity contribution < 1.29 is 4.79 Å². The molecule has 1 aromatic rings. The van der Waals surface area contributed by atoms with Gasteiger partial charge in [0.1, 0.15) is 6.04 Å². The van der Waals surface area contributed by atoms with E-state index in [0.29, 0.717) is 17.0 Å². The summed E-state index contributed by atoms with van der Waals surface area (Å²) in [6.45, 7) is 2.02. The first-order valence-electron chi connectivity index (χ1n) is 5.61. The van der Waals surface area contributed by atoms with Crippen LogP contribution in [-0.4, -0.2) is 5.91 Å². The molecule has 90 valence electrons. The fraction of sp³-hybridized carbons (Fsp3) is 0.385. The van der Waals surface area contributed by atoms with Gasteiger partial charge in [-0.3, -0.25) is 4.79 Å². The van der Waals surface area contributed by atoms with Crippen LogP contribution in [-0.2, 0) is 4.79 Å². The lowest BCUT2D eigenvalue weighted by atomic mass is 10.1. The summed E-state index contributed by atoms with van der Waals surface area (Å²) in [5.74, 6) is -0.0987. The Labute approximate surface area is 106 Å². The summed E-state index contributed by atoms with van der Waals surface area (Å²) >= 11 is 5.84. The Bertz CT molecular complexity index is 426. The molecule has 1 rings (SSSR count). The van der Waals surface area contributed by atoms with Crippen molar-refractivity contribution in [1.29, 1.82) is 5.26 Å². The molecule has 1 N–H and O–H groups in total. The molecule has 0 bridgehead atoms. The molecule has 0 saturated carbocycles. The Hall–Kier alpha value is -1.53. The van der Waals surface area contributed by atoms with Crippen LogP contribution in [0.4, 0.5) is 0 Å². The van der Waals surface area contributed by atoms with Crippen LogP contribution in [0.25, 0.3) is 0 Å². The Morgan fingerprint density at radius 1 is 1.59 bits per heavy atom. The minimum absolute atomic E-state index is 0.0987. The predicted octanol–water partition coefficient (Wildman–Crippen LogP) is 3.21. The first-order chi connectivity index (χ1) is 8.17. The normalized spacial score (nSPS) is 11.6. The summed E-state index contributed by atoms with van der Waals surface area (Å²) in [7, 11) is 0. The minimum atomic E-state index is -0.627. The highest BCUT2D eigenvalue weighted by atomic mass is 35.5. The number of hydrogen-bond acceptors (Lipinski definition) is 2. The van der Waals surface area contributed by atoms with E-state index in [1.165, 1.54) is 0 Å². The van der Waals surface area contributed by atoms with E-state index >= 15 is 0 Å². The van der Waals surface area contributed by atoms with E-state index in [9.17, 15) is 4.79 Å². The van der Waals surface area contributed by atoms with E-state index in [0.717, 1.165) is 12.8 Å². The molecule has 3 nitrogen and oxygen atoms in total. The lowest BCUT2D eigenvalue weighted by Gasteiger charge is -2.12. The summed E-state index contributed by atoms with van der Waals surface area (Å²) < 4.78 is 0. The molecule has 0 aliphatic rings. The van der Waals surface area contributed by atoms with Crippen molar-refractivity contribution in [3.8, 4) is 6.07 Å². The number of amides is 1. The van der Waals surface area contributed by atoms with E-state index in [1.54, 1.807) is 24.3 Å². The van der Waals surface area contributed by atoms with Crippen LogP contribution in [0, 0.1) is 11.3 Å². The third-order valence-corrected chi connectivity index (χ3v) is 2.61. The molecule has 1 aromatic carbocycles. The van der Waals surface area contributed by atoms with Crippen LogP contribution in [0.2, 0.25) is 5.02 Å². The fourth-order valence-electron chi connectivity index (χ4n) is 1.45. The quantitative estimate of drug-likeness (QED) is 0.872. The zero-order valence-electron chi connectivity index (χ0n) is 9.74. The van der Waals surface area contributed by atoms with Crippen LogP contribution < -0.4 is 5.32 Å². The first-order valence-corrected chi connectivity index (χ1v) is 5.99. The minimum Gasteiger partial charge on any atom is -0.337 e. The standard InChI is InChI=1S/C13H15ClN2O/c1-2-3-7-13(17)16-12(9-15)10-5-4-6-11(14)8-10/h4-6,8,12H,2-3,7H2,1H3,(H,16,17). The number of rotatable bonds is 5. The number of nitriles is 1. The van der Waals surface area contributed by atoms with E-state index in [4.69, 9.17) is 16.9 Å². The molecule has 17 heavy (non-hydrogen) atoms. The van der Waals surface area contributed by atoms with Gasteiger partial charge in [-0.05, 0) is 24.1 Å². The molecule has 0 aromatic heterocycles. The Morgan fingerprint density at radius 3 is 2.94 bits per heavy atom. The molecule has 1 atom stereocenters. The zero-order valence-corrected chi connectivity index (χ0v) is 10.5. The molecule has 0 fully saturated rings. The van der Waals surface area contributed by atoms with Crippen molar-refractivity contribution in [2.75, 3.05) is 0 Å². The van der Waals surface area contributed by atoms with Crippen LogP contribution in [0.1, 0.15) is 37.8 Å². The molecular weight excluding hydrogens is 236 g/mol. The summed E-state index contributed by atoms with van der Waals surface area (Å²) in [6, 6.07) is 8.40. The van der Waals surface area contributed by atoms with Gasteiger partial charge in [0, 0.05) is 11.4 Å². The number of carbonyl (C=O) groups is 1. The highest BCUT2D eigenvalue weighted by molar-refractivity contribution is 6.30. The Kier molecular flexibility index (Phi) is 5.51. The predicted molar refractivity (Wildman–Crippen MR) is 67.5 cm³/mol. The van der Waals surface area contributed by atoms with E-state index < -0.39 is 6.04 Å². The number of nitrogens with one attached hydrogen (secondary N) is 1. The number of carbonyl (C=O) groups excluding carboxylic acids is 1. The van der Waals surface area contributed by atoms with Crippen molar-refractivity contribution >= 4 is 17.5 Å². The van der Waals surface area contributed by atoms with Crippen molar-refractivity contribution in [2.24, 2.45) is 0 Å². The Morgan fingerprint density at radius 2 is 2.35 bits per heavy atom. The summed E-state index contributed by atoms with van der Waals surface area (Å²) in [6.07, 6.45) is 2.25. The van der Waals surface area contributed by atoms with Gasteiger partial charge in [0.2, 0.25) is 5.91 Å². The molecule has 1 amide bonds. The van der Waals surface area contributed by atoms with Gasteiger partial charge in [-0.15, -0.1) is 0 Å². The SMILES string of the molecule is CCCCC(=O)NC(C#N)c1cccc(Cl)c1. The number of hydrogen-bond donors (Lipinski definition) is 1. The average molecular weight is 251 g/mol. The van der Waals surface area contributed by atoms with Crippen molar-refractivity contribution in [2.45, 2.75) is 32.2 Å². The molecule has 0 aliphatic heterocycles. The van der Waals surface area contributed by atoms with Gasteiger partial charge in [0.15, 0.2) is 0 Å². The van der Waals surface area contributed by atoms with E-state index in [1.807, 2.05) is 6.92 Å². The highest BCUT2D eigenvalue weighted by Gasteiger charge is 2.13. The summed E-state index contributed by atoms with van der Waals surface area (Å²) in [5, 5.41) is 12.3. The second-order valence-electron chi connectivity index (χ2n) is 3.79. The van der Waals surface area contributed by atoms with Gasteiger partial charge in [0.25, 0.3) is 0 Å². The van der Waals surface area contributed by atoms with Gasteiger partial charge < -0.3 is 5.32 Å². The fourth-order valence-corrected chi connectivity index (χ4v) is 1.65. The van der Waals surface area contributed by atoms with Gasteiger partial charge in [0.05, 0.1) is 6.07 Å². The molecule has 0 saturated heterocycles. The van der Waals surface area contributed by atoms with Gasteiger partial charge >= 0.3 is 0 Å². The maximum absolute atomic E-state index is 11.5. The average Bonchev–Trinajstić information content (AvgIpc) is 2.33. The molecule has 0 spiro atoms. The molecule has 1 unspecified atom stereocenters. The van der Waals surface area contributed by atoms with E-state index in [-0.39, 0.29) is 5.91 Å². The lowest BCUT2D eigenvalue weighted by Crippen LogP contribution is -2.27. The van der Waals surface area contributed by atoms with E-state index in [2.05, 4.69) is 11.4 Å². The van der Waals surface area contributed by atoms with Crippen LogP contribution in [0.3, 0.4) is 0 Å². The molecule has 0 aliphatic carbocycles. The topological polar surface area (TPSA) is 52.9 Å². The molecule has 0 radical (unpaired) electrons. The number of nitrogens with zero attached hydrogens (tertiary/aromatic N) is 1. The first kappa shape index (κ1) is 13.5. The van der Waals surface area contributed by atoms with Crippen LogP contribution in [0.15, 0.2) is 24.3 Å². The molecule has 0 heterocycles. The zero-order chi connectivity index (χ0) is 12.7. The van der Waals surface area contributed by atoms with Crippen molar-refractivity contribution in [1.82, 2.24) is 5.32 Å². The molecular formula is C13H15ClN2O. The number of benzene rings is 1. The number of halogens is 1. The van der Waals surface area contributed by atoms with Crippen molar-refractivity contribution in [3.05, 3.63) is 34.9 Å². The monoisotopic (exact) mass is 250 g/mol. The third-order valence-electron chi connectivity index (χ3n) is 2.37.